The van der Waals surface area contributed by atoms with Crippen LogP contribution in [0.3, 0.4) is 0 Å². The van der Waals surface area contributed by atoms with E-state index >= 15 is 0 Å². The first-order chi connectivity index (χ1) is 8.58. The van der Waals surface area contributed by atoms with E-state index in [-0.39, 0.29) is 11.9 Å². The highest BCUT2D eigenvalue weighted by Crippen LogP contribution is 2.23. The van der Waals surface area contributed by atoms with Crippen molar-refractivity contribution < 1.29 is 9.53 Å². The van der Waals surface area contributed by atoms with Gasteiger partial charge in [-0.3, -0.25) is 4.79 Å². The lowest BCUT2D eigenvalue weighted by Crippen LogP contribution is -2.32. The van der Waals surface area contributed by atoms with Crippen molar-refractivity contribution in [2.24, 2.45) is 11.7 Å². The molecule has 0 aliphatic heterocycles. The summed E-state index contributed by atoms with van der Waals surface area (Å²) in [4.78, 5) is 11.6. The second-order valence-corrected chi connectivity index (χ2v) is 4.60. The first-order valence-electron chi connectivity index (χ1n) is 6.22. The highest BCUT2D eigenvalue weighted by atomic mass is 16.5. The maximum Gasteiger partial charge on any atom is 0.221 e. The fourth-order valence-electron chi connectivity index (χ4n) is 1.82. The number of nitrogens with one attached hydrogen (secondary N) is 1. The van der Waals surface area contributed by atoms with E-state index < -0.39 is 0 Å². The van der Waals surface area contributed by atoms with Gasteiger partial charge < -0.3 is 15.8 Å². The van der Waals surface area contributed by atoms with Crippen LogP contribution < -0.4 is 15.8 Å². The molecule has 0 spiro atoms. The van der Waals surface area contributed by atoms with E-state index in [4.69, 9.17) is 10.5 Å². The minimum Gasteiger partial charge on any atom is -0.497 e. The Balaban J connectivity index is 2.80. The molecule has 1 amide bonds. The van der Waals surface area contributed by atoms with Gasteiger partial charge in [0.2, 0.25) is 5.91 Å². The summed E-state index contributed by atoms with van der Waals surface area (Å²) < 4.78 is 5.13. The molecular weight excluding hydrogens is 228 g/mol. The van der Waals surface area contributed by atoms with E-state index in [1.165, 1.54) is 0 Å². The van der Waals surface area contributed by atoms with Crippen LogP contribution in [0.25, 0.3) is 0 Å². The smallest absolute Gasteiger partial charge is 0.221 e. The molecule has 1 rings (SSSR count). The molecule has 1 unspecified atom stereocenters. The maximum absolute atomic E-state index is 11.6. The summed E-state index contributed by atoms with van der Waals surface area (Å²) in [7, 11) is 1.64. The summed E-state index contributed by atoms with van der Waals surface area (Å²) in [5.41, 5.74) is 6.46. The number of carbonyl (C=O) groups excluding carboxylic acids is 1. The van der Waals surface area contributed by atoms with Crippen molar-refractivity contribution in [3.05, 3.63) is 29.8 Å². The quantitative estimate of drug-likeness (QED) is 0.810. The zero-order chi connectivity index (χ0) is 13.5. The van der Waals surface area contributed by atoms with E-state index in [9.17, 15) is 4.79 Å². The van der Waals surface area contributed by atoms with Gasteiger partial charge in [0.05, 0.1) is 13.2 Å². The Bertz CT molecular complexity index is 374. The second-order valence-electron chi connectivity index (χ2n) is 4.60. The molecular formula is C14H22N2O2. The SMILES string of the molecule is COc1ccc(C(NC(=O)CCN)C(C)C)cc1. The van der Waals surface area contributed by atoms with Gasteiger partial charge in [0.1, 0.15) is 5.75 Å². The molecule has 1 atom stereocenters. The maximum atomic E-state index is 11.6. The van der Waals surface area contributed by atoms with Crippen LogP contribution in [0.1, 0.15) is 31.9 Å². The first-order valence-corrected chi connectivity index (χ1v) is 6.22. The molecule has 0 bridgehead atoms. The van der Waals surface area contributed by atoms with Gasteiger partial charge in [-0.05, 0) is 23.6 Å². The predicted octanol–water partition coefficient (Wildman–Crippen LogP) is 1.86. The van der Waals surface area contributed by atoms with Crippen molar-refractivity contribution in [3.8, 4) is 5.75 Å². The zero-order valence-corrected chi connectivity index (χ0v) is 11.3. The Morgan fingerprint density at radius 3 is 2.39 bits per heavy atom. The van der Waals surface area contributed by atoms with E-state index in [2.05, 4.69) is 19.2 Å². The Morgan fingerprint density at radius 1 is 1.33 bits per heavy atom. The van der Waals surface area contributed by atoms with Crippen molar-refractivity contribution >= 4 is 5.91 Å². The molecule has 100 valence electrons. The van der Waals surface area contributed by atoms with Crippen molar-refractivity contribution in [1.82, 2.24) is 5.32 Å². The van der Waals surface area contributed by atoms with Gasteiger partial charge in [0.25, 0.3) is 0 Å². The summed E-state index contributed by atoms with van der Waals surface area (Å²) in [5, 5.41) is 3.01. The van der Waals surface area contributed by atoms with Crippen molar-refractivity contribution in [2.75, 3.05) is 13.7 Å². The Hall–Kier alpha value is -1.55. The molecule has 0 heterocycles. The number of carbonyl (C=O) groups is 1. The van der Waals surface area contributed by atoms with Crippen LogP contribution in [0, 0.1) is 5.92 Å². The van der Waals surface area contributed by atoms with Gasteiger partial charge >= 0.3 is 0 Å². The van der Waals surface area contributed by atoms with Gasteiger partial charge in [0, 0.05) is 13.0 Å². The van der Waals surface area contributed by atoms with Gasteiger partial charge in [-0.15, -0.1) is 0 Å². The van der Waals surface area contributed by atoms with E-state index in [0.717, 1.165) is 11.3 Å². The molecule has 0 aromatic heterocycles. The van der Waals surface area contributed by atoms with Gasteiger partial charge in [0.15, 0.2) is 0 Å². The monoisotopic (exact) mass is 250 g/mol. The molecule has 0 saturated carbocycles. The molecule has 0 aliphatic carbocycles. The van der Waals surface area contributed by atoms with E-state index in [0.29, 0.717) is 18.9 Å². The van der Waals surface area contributed by atoms with Gasteiger partial charge in [-0.25, -0.2) is 0 Å². The number of benzene rings is 1. The molecule has 1 aromatic rings. The summed E-state index contributed by atoms with van der Waals surface area (Å²) in [6.07, 6.45) is 0.360. The average molecular weight is 250 g/mol. The normalized spacial score (nSPS) is 12.3. The third-order valence-corrected chi connectivity index (χ3v) is 2.83. The molecule has 0 fully saturated rings. The molecule has 3 N–H and O–H groups in total. The van der Waals surface area contributed by atoms with Crippen molar-refractivity contribution in [1.29, 1.82) is 0 Å². The van der Waals surface area contributed by atoms with Crippen molar-refractivity contribution in [2.45, 2.75) is 26.3 Å². The van der Waals surface area contributed by atoms with Gasteiger partial charge in [-0.1, -0.05) is 26.0 Å². The molecule has 0 saturated heterocycles. The number of methoxy groups -OCH3 is 1. The molecule has 18 heavy (non-hydrogen) atoms. The van der Waals surface area contributed by atoms with Gasteiger partial charge in [-0.2, -0.15) is 0 Å². The zero-order valence-electron chi connectivity index (χ0n) is 11.3. The van der Waals surface area contributed by atoms with Crippen LogP contribution in [0.15, 0.2) is 24.3 Å². The number of amides is 1. The van der Waals surface area contributed by atoms with E-state index in [1.54, 1.807) is 7.11 Å². The topological polar surface area (TPSA) is 64.3 Å². The number of nitrogens with two attached hydrogens (primary N) is 1. The lowest BCUT2D eigenvalue weighted by molar-refractivity contribution is -0.122. The molecule has 4 heteroatoms. The average Bonchev–Trinajstić information content (AvgIpc) is 2.36. The van der Waals surface area contributed by atoms with Crippen LogP contribution in [0.4, 0.5) is 0 Å². The fraction of sp³-hybridized carbons (Fsp3) is 0.500. The third kappa shape index (κ3) is 4.04. The Labute approximate surface area is 109 Å². The first kappa shape index (κ1) is 14.5. The fourth-order valence-corrected chi connectivity index (χ4v) is 1.82. The van der Waals surface area contributed by atoms with Crippen LogP contribution >= 0.6 is 0 Å². The minimum absolute atomic E-state index is 0.00739. The highest BCUT2D eigenvalue weighted by Gasteiger charge is 2.17. The minimum atomic E-state index is -0.00739. The molecule has 1 aromatic carbocycles. The summed E-state index contributed by atoms with van der Waals surface area (Å²) in [6.45, 7) is 4.54. The lowest BCUT2D eigenvalue weighted by atomic mass is 9.96. The highest BCUT2D eigenvalue weighted by molar-refractivity contribution is 5.76. The van der Waals surface area contributed by atoms with Crippen LogP contribution in [-0.4, -0.2) is 19.6 Å². The summed E-state index contributed by atoms with van der Waals surface area (Å²) in [5.74, 6) is 1.13. The standard InChI is InChI=1S/C14H22N2O2/c1-10(2)14(16-13(17)8-9-15)11-4-6-12(18-3)7-5-11/h4-7,10,14H,8-9,15H2,1-3H3,(H,16,17). The number of hydrogen-bond acceptors (Lipinski definition) is 3. The summed E-state index contributed by atoms with van der Waals surface area (Å²) >= 11 is 0. The molecule has 4 nitrogen and oxygen atoms in total. The Kier molecular flexibility index (Phi) is 5.65. The largest absolute Gasteiger partial charge is 0.497 e. The molecule has 0 aliphatic rings. The van der Waals surface area contributed by atoms with Crippen LogP contribution in [0.2, 0.25) is 0 Å². The number of hydrogen-bond donors (Lipinski definition) is 2. The Morgan fingerprint density at radius 2 is 1.94 bits per heavy atom. The number of rotatable bonds is 6. The number of ether oxygens (including phenoxy) is 1. The lowest BCUT2D eigenvalue weighted by Gasteiger charge is -2.23. The van der Waals surface area contributed by atoms with Crippen molar-refractivity contribution in [3.63, 3.8) is 0 Å². The predicted molar refractivity (Wildman–Crippen MR) is 72.4 cm³/mol. The second kappa shape index (κ2) is 7.01. The van der Waals surface area contributed by atoms with E-state index in [1.807, 2.05) is 24.3 Å². The van der Waals surface area contributed by atoms with Crippen LogP contribution in [-0.2, 0) is 4.79 Å². The van der Waals surface area contributed by atoms with Crippen LogP contribution in [0.5, 0.6) is 5.75 Å². The molecule has 0 radical (unpaired) electrons. The third-order valence-electron chi connectivity index (χ3n) is 2.83. The summed E-state index contributed by atoms with van der Waals surface area (Å²) in [6, 6.07) is 7.77.